The number of aromatic nitrogens is 1. The second-order valence-corrected chi connectivity index (χ2v) is 5.51. The Bertz CT molecular complexity index is 576. The standard InChI is InChI=1S/C16H19BrN2O/c1-4-18-10-13-6-5-7-19-16(13)20-14-8-11(2)15(17)12(3)9-14/h5-9,18H,4,10H2,1-3H3. The molecule has 0 aliphatic carbocycles. The molecule has 20 heavy (non-hydrogen) atoms. The summed E-state index contributed by atoms with van der Waals surface area (Å²) in [5.41, 5.74) is 3.38. The Morgan fingerprint density at radius 2 is 1.95 bits per heavy atom. The number of pyridine rings is 1. The molecule has 3 nitrogen and oxygen atoms in total. The van der Waals surface area contributed by atoms with E-state index in [0.29, 0.717) is 5.88 Å². The molecule has 0 spiro atoms. The highest BCUT2D eigenvalue weighted by Crippen LogP contribution is 2.29. The van der Waals surface area contributed by atoms with Crippen LogP contribution in [0, 0.1) is 13.8 Å². The second-order valence-electron chi connectivity index (χ2n) is 4.72. The predicted octanol–water partition coefficient (Wildman–Crippen LogP) is 4.36. The van der Waals surface area contributed by atoms with Crippen molar-refractivity contribution in [3.8, 4) is 11.6 Å². The highest BCUT2D eigenvalue weighted by atomic mass is 79.9. The average molecular weight is 335 g/mol. The van der Waals surface area contributed by atoms with Gasteiger partial charge >= 0.3 is 0 Å². The smallest absolute Gasteiger partial charge is 0.223 e. The van der Waals surface area contributed by atoms with Gasteiger partial charge in [0, 0.05) is 22.8 Å². The molecular weight excluding hydrogens is 316 g/mol. The van der Waals surface area contributed by atoms with Gasteiger partial charge in [-0.1, -0.05) is 28.9 Å². The van der Waals surface area contributed by atoms with Gasteiger partial charge < -0.3 is 10.1 Å². The van der Waals surface area contributed by atoms with Crippen LogP contribution in [0.2, 0.25) is 0 Å². The first-order chi connectivity index (χ1) is 9.61. The average Bonchev–Trinajstić information content (AvgIpc) is 2.44. The first kappa shape index (κ1) is 15.0. The molecule has 0 amide bonds. The Morgan fingerprint density at radius 3 is 2.60 bits per heavy atom. The summed E-state index contributed by atoms with van der Waals surface area (Å²) in [6.07, 6.45) is 1.75. The lowest BCUT2D eigenvalue weighted by Gasteiger charge is -2.12. The van der Waals surface area contributed by atoms with Gasteiger partial charge in [-0.15, -0.1) is 0 Å². The lowest BCUT2D eigenvalue weighted by atomic mass is 10.1. The van der Waals surface area contributed by atoms with Gasteiger partial charge in [-0.3, -0.25) is 0 Å². The number of rotatable bonds is 5. The Hall–Kier alpha value is -1.39. The molecule has 2 aromatic rings. The van der Waals surface area contributed by atoms with E-state index in [2.05, 4.69) is 47.0 Å². The topological polar surface area (TPSA) is 34.2 Å². The molecule has 0 bridgehead atoms. The van der Waals surface area contributed by atoms with E-state index in [1.165, 1.54) is 0 Å². The van der Waals surface area contributed by atoms with E-state index in [1.807, 2.05) is 24.3 Å². The molecule has 2 rings (SSSR count). The van der Waals surface area contributed by atoms with Gasteiger partial charge in [-0.05, 0) is 49.7 Å². The molecule has 0 fully saturated rings. The summed E-state index contributed by atoms with van der Waals surface area (Å²) in [7, 11) is 0. The summed E-state index contributed by atoms with van der Waals surface area (Å²) in [4.78, 5) is 4.33. The number of aryl methyl sites for hydroxylation is 2. The Balaban J connectivity index is 2.26. The zero-order chi connectivity index (χ0) is 14.5. The molecule has 1 heterocycles. The van der Waals surface area contributed by atoms with Crippen LogP contribution in [-0.2, 0) is 6.54 Å². The van der Waals surface area contributed by atoms with Gasteiger partial charge in [0.25, 0.3) is 0 Å². The first-order valence-electron chi connectivity index (χ1n) is 6.71. The number of benzene rings is 1. The van der Waals surface area contributed by atoms with Crippen molar-refractivity contribution in [1.82, 2.24) is 10.3 Å². The Morgan fingerprint density at radius 1 is 1.25 bits per heavy atom. The van der Waals surface area contributed by atoms with Crippen molar-refractivity contribution in [2.45, 2.75) is 27.3 Å². The molecule has 1 aromatic carbocycles. The third kappa shape index (κ3) is 3.58. The van der Waals surface area contributed by atoms with Crippen molar-refractivity contribution < 1.29 is 4.74 Å². The molecule has 0 unspecified atom stereocenters. The molecule has 0 saturated heterocycles. The van der Waals surface area contributed by atoms with Gasteiger partial charge in [0.15, 0.2) is 0 Å². The molecule has 0 aliphatic rings. The highest BCUT2D eigenvalue weighted by Gasteiger charge is 2.08. The second kappa shape index (κ2) is 6.86. The summed E-state index contributed by atoms with van der Waals surface area (Å²) in [6, 6.07) is 7.99. The van der Waals surface area contributed by atoms with E-state index in [9.17, 15) is 0 Å². The molecule has 1 N–H and O–H groups in total. The van der Waals surface area contributed by atoms with Crippen molar-refractivity contribution >= 4 is 15.9 Å². The van der Waals surface area contributed by atoms with Crippen LogP contribution in [0.3, 0.4) is 0 Å². The molecule has 4 heteroatoms. The molecule has 1 aromatic heterocycles. The van der Waals surface area contributed by atoms with Crippen LogP contribution in [-0.4, -0.2) is 11.5 Å². The van der Waals surface area contributed by atoms with Crippen molar-refractivity contribution in [3.63, 3.8) is 0 Å². The van der Waals surface area contributed by atoms with Crippen LogP contribution >= 0.6 is 15.9 Å². The fraction of sp³-hybridized carbons (Fsp3) is 0.312. The largest absolute Gasteiger partial charge is 0.439 e. The summed E-state index contributed by atoms with van der Waals surface area (Å²) in [6.45, 7) is 7.88. The van der Waals surface area contributed by atoms with Gasteiger partial charge in [-0.2, -0.15) is 0 Å². The van der Waals surface area contributed by atoms with Gasteiger partial charge in [0.05, 0.1) is 0 Å². The van der Waals surface area contributed by atoms with Crippen molar-refractivity contribution in [2.24, 2.45) is 0 Å². The molecule has 0 aliphatic heterocycles. The van der Waals surface area contributed by atoms with E-state index in [0.717, 1.165) is 40.0 Å². The number of hydrogen-bond donors (Lipinski definition) is 1. The summed E-state index contributed by atoms with van der Waals surface area (Å²) in [5.74, 6) is 1.48. The van der Waals surface area contributed by atoms with Crippen LogP contribution in [0.1, 0.15) is 23.6 Å². The number of nitrogens with one attached hydrogen (secondary N) is 1. The van der Waals surface area contributed by atoms with Crippen molar-refractivity contribution in [3.05, 3.63) is 51.6 Å². The third-order valence-corrected chi connectivity index (χ3v) is 4.29. The number of hydrogen-bond acceptors (Lipinski definition) is 3. The lowest BCUT2D eigenvalue weighted by Crippen LogP contribution is -2.12. The minimum absolute atomic E-state index is 0.662. The maximum atomic E-state index is 5.95. The van der Waals surface area contributed by atoms with E-state index >= 15 is 0 Å². The Kier molecular flexibility index (Phi) is 5.15. The van der Waals surface area contributed by atoms with Gasteiger partial charge in [-0.25, -0.2) is 4.98 Å². The number of nitrogens with zero attached hydrogens (tertiary/aromatic N) is 1. The lowest BCUT2D eigenvalue weighted by molar-refractivity contribution is 0.452. The van der Waals surface area contributed by atoms with E-state index in [1.54, 1.807) is 6.20 Å². The number of halogens is 1. The van der Waals surface area contributed by atoms with Crippen molar-refractivity contribution in [1.29, 1.82) is 0 Å². The molecule has 0 radical (unpaired) electrons. The maximum absolute atomic E-state index is 5.95. The number of ether oxygens (including phenoxy) is 1. The van der Waals surface area contributed by atoms with Crippen molar-refractivity contribution in [2.75, 3.05) is 6.54 Å². The summed E-state index contributed by atoms with van der Waals surface area (Å²) < 4.78 is 7.08. The summed E-state index contributed by atoms with van der Waals surface area (Å²) >= 11 is 3.57. The third-order valence-electron chi connectivity index (χ3n) is 3.04. The van der Waals surface area contributed by atoms with E-state index in [4.69, 9.17) is 4.74 Å². The minimum atomic E-state index is 0.662. The highest BCUT2D eigenvalue weighted by molar-refractivity contribution is 9.10. The van der Waals surface area contributed by atoms with E-state index in [-0.39, 0.29) is 0 Å². The first-order valence-corrected chi connectivity index (χ1v) is 7.50. The monoisotopic (exact) mass is 334 g/mol. The molecule has 0 saturated carbocycles. The van der Waals surface area contributed by atoms with E-state index < -0.39 is 0 Å². The van der Waals surface area contributed by atoms with Crippen LogP contribution in [0.4, 0.5) is 0 Å². The molecule has 106 valence electrons. The van der Waals surface area contributed by atoms with Gasteiger partial charge in [0.2, 0.25) is 5.88 Å². The van der Waals surface area contributed by atoms with Crippen LogP contribution < -0.4 is 10.1 Å². The molecule has 0 atom stereocenters. The fourth-order valence-corrected chi connectivity index (χ4v) is 2.22. The molecular formula is C16H19BrN2O. The zero-order valence-electron chi connectivity index (χ0n) is 12.0. The fourth-order valence-electron chi connectivity index (χ4n) is 1.99. The minimum Gasteiger partial charge on any atom is -0.439 e. The predicted molar refractivity (Wildman–Crippen MR) is 85.3 cm³/mol. The quantitative estimate of drug-likeness (QED) is 0.881. The zero-order valence-corrected chi connectivity index (χ0v) is 13.6. The summed E-state index contributed by atoms with van der Waals surface area (Å²) in [5, 5.41) is 3.30. The normalized spacial score (nSPS) is 10.6. The van der Waals surface area contributed by atoms with Crippen LogP contribution in [0.25, 0.3) is 0 Å². The van der Waals surface area contributed by atoms with Crippen LogP contribution in [0.5, 0.6) is 11.6 Å². The van der Waals surface area contributed by atoms with Crippen LogP contribution in [0.15, 0.2) is 34.9 Å². The van der Waals surface area contributed by atoms with Gasteiger partial charge in [0.1, 0.15) is 5.75 Å². The maximum Gasteiger partial charge on any atom is 0.223 e. The Labute approximate surface area is 128 Å². The SMILES string of the molecule is CCNCc1cccnc1Oc1cc(C)c(Br)c(C)c1.